The van der Waals surface area contributed by atoms with E-state index in [1.165, 1.54) is 0 Å². The Bertz CT molecular complexity index is 755. The molecule has 1 aromatic carbocycles. The highest BCUT2D eigenvalue weighted by Crippen LogP contribution is 2.22. The van der Waals surface area contributed by atoms with E-state index in [-0.39, 0.29) is 12.3 Å². The van der Waals surface area contributed by atoms with Gasteiger partial charge in [-0.15, -0.1) is 0 Å². The molecule has 1 aromatic heterocycles. The molecule has 126 valence electrons. The third-order valence-corrected chi connectivity index (χ3v) is 4.44. The van der Waals surface area contributed by atoms with Crippen molar-refractivity contribution >= 4 is 23.5 Å². The molecule has 7 heteroatoms. The van der Waals surface area contributed by atoms with Gasteiger partial charge in [-0.2, -0.15) is 5.10 Å². The molecule has 0 spiro atoms. The number of rotatable bonds is 5. The maximum atomic E-state index is 12.6. The molecule has 24 heavy (non-hydrogen) atoms. The van der Waals surface area contributed by atoms with Crippen LogP contribution in [0.15, 0.2) is 30.5 Å². The summed E-state index contributed by atoms with van der Waals surface area (Å²) >= 11 is 5.87. The van der Waals surface area contributed by atoms with Crippen molar-refractivity contribution in [2.45, 2.75) is 38.3 Å². The Morgan fingerprint density at radius 1 is 1.29 bits per heavy atom. The lowest BCUT2D eigenvalue weighted by Crippen LogP contribution is -2.31. The fraction of sp³-hybridized carbons (Fsp3) is 0.353. The van der Waals surface area contributed by atoms with Crippen LogP contribution in [0, 0.1) is 0 Å². The SMILES string of the molecule is O=C(O)C[C@H](NC(=O)c1cnn2c1CCCC2)c1ccc(Cl)cc1. The molecule has 0 bridgehead atoms. The second-order valence-corrected chi connectivity index (χ2v) is 6.30. The van der Waals surface area contributed by atoms with Crippen LogP contribution in [0.1, 0.15) is 46.9 Å². The average Bonchev–Trinajstić information content (AvgIpc) is 2.98. The molecule has 1 aliphatic rings. The van der Waals surface area contributed by atoms with Crippen molar-refractivity contribution in [3.8, 4) is 0 Å². The van der Waals surface area contributed by atoms with Crippen LogP contribution in [0.3, 0.4) is 0 Å². The summed E-state index contributed by atoms with van der Waals surface area (Å²) in [5.74, 6) is -1.27. The van der Waals surface area contributed by atoms with Gasteiger partial charge in [0.1, 0.15) is 0 Å². The highest BCUT2D eigenvalue weighted by molar-refractivity contribution is 6.30. The first-order valence-corrected chi connectivity index (χ1v) is 8.25. The summed E-state index contributed by atoms with van der Waals surface area (Å²) in [5, 5.41) is 16.8. The zero-order valence-electron chi connectivity index (χ0n) is 13.0. The van der Waals surface area contributed by atoms with Crippen LogP contribution < -0.4 is 5.32 Å². The maximum absolute atomic E-state index is 12.6. The van der Waals surface area contributed by atoms with Gasteiger partial charge in [-0.25, -0.2) is 0 Å². The molecule has 1 atom stereocenters. The van der Waals surface area contributed by atoms with E-state index in [2.05, 4.69) is 10.4 Å². The Kier molecular flexibility index (Phi) is 4.85. The number of hydrogen-bond donors (Lipinski definition) is 2. The third kappa shape index (κ3) is 3.59. The van der Waals surface area contributed by atoms with Crippen LogP contribution in [-0.2, 0) is 17.8 Å². The van der Waals surface area contributed by atoms with Gasteiger partial charge in [0.15, 0.2) is 0 Å². The lowest BCUT2D eigenvalue weighted by atomic mass is 10.0. The van der Waals surface area contributed by atoms with Gasteiger partial charge < -0.3 is 10.4 Å². The number of nitrogens with zero attached hydrogens (tertiary/aromatic N) is 2. The van der Waals surface area contributed by atoms with Gasteiger partial charge >= 0.3 is 5.97 Å². The summed E-state index contributed by atoms with van der Waals surface area (Å²) in [7, 11) is 0. The van der Waals surface area contributed by atoms with Crippen LogP contribution in [0.4, 0.5) is 0 Å². The van der Waals surface area contributed by atoms with Crippen molar-refractivity contribution < 1.29 is 14.7 Å². The van der Waals surface area contributed by atoms with E-state index in [0.29, 0.717) is 16.1 Å². The molecule has 0 radical (unpaired) electrons. The van der Waals surface area contributed by atoms with E-state index in [1.54, 1.807) is 30.5 Å². The van der Waals surface area contributed by atoms with E-state index in [9.17, 15) is 9.59 Å². The summed E-state index contributed by atoms with van der Waals surface area (Å²) in [5.41, 5.74) is 2.15. The lowest BCUT2D eigenvalue weighted by molar-refractivity contribution is -0.137. The van der Waals surface area contributed by atoms with Gasteiger partial charge in [0, 0.05) is 11.6 Å². The van der Waals surface area contributed by atoms with Gasteiger partial charge in [-0.05, 0) is 37.0 Å². The van der Waals surface area contributed by atoms with Crippen molar-refractivity contribution in [3.05, 3.63) is 52.3 Å². The first-order chi connectivity index (χ1) is 11.5. The summed E-state index contributed by atoms with van der Waals surface area (Å²) in [6.45, 7) is 0.818. The number of benzene rings is 1. The van der Waals surface area contributed by atoms with E-state index >= 15 is 0 Å². The molecule has 0 aliphatic carbocycles. The van der Waals surface area contributed by atoms with Gasteiger partial charge in [-0.3, -0.25) is 14.3 Å². The number of halogens is 1. The summed E-state index contributed by atoms with van der Waals surface area (Å²) in [6.07, 6.45) is 4.27. The summed E-state index contributed by atoms with van der Waals surface area (Å²) < 4.78 is 1.85. The van der Waals surface area contributed by atoms with Crippen molar-refractivity contribution in [2.24, 2.45) is 0 Å². The molecule has 6 nitrogen and oxygen atoms in total. The van der Waals surface area contributed by atoms with Crippen LogP contribution >= 0.6 is 11.6 Å². The number of aliphatic carboxylic acids is 1. The molecule has 0 fully saturated rings. The monoisotopic (exact) mass is 347 g/mol. The van der Waals surface area contributed by atoms with E-state index in [1.807, 2.05) is 4.68 Å². The maximum Gasteiger partial charge on any atom is 0.305 e. The van der Waals surface area contributed by atoms with E-state index < -0.39 is 12.0 Å². The minimum absolute atomic E-state index is 0.198. The second kappa shape index (κ2) is 7.05. The molecule has 0 saturated heterocycles. The normalized spacial score (nSPS) is 14.7. The predicted molar refractivity (Wildman–Crippen MR) is 89.1 cm³/mol. The Balaban J connectivity index is 1.81. The van der Waals surface area contributed by atoms with Crippen molar-refractivity contribution in [2.75, 3.05) is 0 Å². The Labute approximate surface area is 144 Å². The lowest BCUT2D eigenvalue weighted by Gasteiger charge is -2.19. The van der Waals surface area contributed by atoms with Crippen LogP contribution in [0.2, 0.25) is 5.02 Å². The largest absolute Gasteiger partial charge is 0.481 e. The summed E-state index contributed by atoms with van der Waals surface area (Å²) in [4.78, 5) is 23.8. The number of carboxylic acids is 1. The minimum Gasteiger partial charge on any atom is -0.481 e. The molecule has 3 rings (SSSR count). The average molecular weight is 348 g/mol. The zero-order valence-corrected chi connectivity index (χ0v) is 13.8. The predicted octanol–water partition coefficient (Wildman–Crippen LogP) is 2.82. The number of hydrogen-bond acceptors (Lipinski definition) is 3. The second-order valence-electron chi connectivity index (χ2n) is 5.86. The molecule has 0 saturated carbocycles. The molecule has 2 aromatic rings. The standard InChI is InChI=1S/C17H18ClN3O3/c18-12-6-4-11(5-7-12)14(9-16(22)23)20-17(24)13-10-19-21-8-2-1-3-15(13)21/h4-7,10,14H,1-3,8-9H2,(H,20,24)(H,22,23)/t14-/m0/s1. The van der Waals surface area contributed by atoms with Crippen LogP contribution in [-0.4, -0.2) is 26.8 Å². The quantitative estimate of drug-likeness (QED) is 0.871. The van der Waals surface area contributed by atoms with Gasteiger partial charge in [0.2, 0.25) is 0 Å². The topological polar surface area (TPSA) is 84.2 Å². The van der Waals surface area contributed by atoms with Crippen molar-refractivity contribution in [1.29, 1.82) is 0 Å². The molecule has 2 N–H and O–H groups in total. The molecule has 0 unspecified atom stereocenters. The minimum atomic E-state index is -0.979. The van der Waals surface area contributed by atoms with Crippen LogP contribution in [0.25, 0.3) is 0 Å². The number of carbonyl (C=O) groups is 2. The van der Waals surface area contributed by atoms with Gasteiger partial charge in [0.25, 0.3) is 5.91 Å². The first-order valence-electron chi connectivity index (χ1n) is 7.87. The molecule has 2 heterocycles. The fourth-order valence-electron chi connectivity index (χ4n) is 2.97. The number of carboxylic acid groups (broad SMARTS) is 1. The Hall–Kier alpha value is -2.34. The molecule has 1 aliphatic heterocycles. The molecule has 1 amide bonds. The van der Waals surface area contributed by atoms with Gasteiger partial charge in [0.05, 0.1) is 29.9 Å². The zero-order chi connectivity index (χ0) is 17.1. The summed E-state index contributed by atoms with van der Waals surface area (Å²) in [6, 6.07) is 6.19. The number of fused-ring (bicyclic) bond motifs is 1. The number of aryl methyl sites for hydroxylation is 1. The number of carbonyl (C=O) groups excluding carboxylic acids is 1. The van der Waals surface area contributed by atoms with Gasteiger partial charge in [-0.1, -0.05) is 23.7 Å². The Morgan fingerprint density at radius 3 is 2.75 bits per heavy atom. The van der Waals surface area contributed by atoms with E-state index in [4.69, 9.17) is 16.7 Å². The molecular weight excluding hydrogens is 330 g/mol. The molecular formula is C17H18ClN3O3. The number of amides is 1. The Morgan fingerprint density at radius 2 is 2.04 bits per heavy atom. The van der Waals surface area contributed by atoms with Crippen molar-refractivity contribution in [1.82, 2.24) is 15.1 Å². The van der Waals surface area contributed by atoms with Crippen molar-refractivity contribution in [3.63, 3.8) is 0 Å². The van der Waals surface area contributed by atoms with Crippen LogP contribution in [0.5, 0.6) is 0 Å². The first kappa shape index (κ1) is 16.5. The number of aromatic nitrogens is 2. The smallest absolute Gasteiger partial charge is 0.305 e. The highest BCUT2D eigenvalue weighted by Gasteiger charge is 2.23. The number of nitrogens with one attached hydrogen (secondary N) is 1. The van der Waals surface area contributed by atoms with E-state index in [0.717, 1.165) is 31.5 Å². The fourth-order valence-corrected chi connectivity index (χ4v) is 3.09. The third-order valence-electron chi connectivity index (χ3n) is 4.18. The highest BCUT2D eigenvalue weighted by atomic mass is 35.5.